The van der Waals surface area contributed by atoms with Crippen LogP contribution in [-0.2, 0) is 6.42 Å². The molecule has 0 aliphatic heterocycles. The highest BCUT2D eigenvalue weighted by Crippen LogP contribution is 2.34. The Morgan fingerprint density at radius 2 is 2.00 bits per heavy atom. The second kappa shape index (κ2) is 5.32. The monoisotopic (exact) mass is 261 g/mol. The van der Waals surface area contributed by atoms with Crippen molar-refractivity contribution in [2.75, 3.05) is 13.7 Å². The molecule has 0 aliphatic carbocycles. The summed E-state index contributed by atoms with van der Waals surface area (Å²) in [6, 6.07) is 4.02. The van der Waals surface area contributed by atoms with Crippen LogP contribution in [-0.4, -0.2) is 23.9 Å². The minimum Gasteiger partial charge on any atom is -0.496 e. The number of H-pyrrole nitrogens is 2. The third-order valence-electron chi connectivity index (χ3n) is 3.18. The van der Waals surface area contributed by atoms with Crippen LogP contribution in [0.2, 0.25) is 0 Å². The van der Waals surface area contributed by atoms with Gasteiger partial charge >= 0.3 is 0 Å². The molecule has 0 bridgehead atoms. The predicted molar refractivity (Wildman–Crippen MR) is 75.6 cm³/mol. The molecule has 1 aromatic carbocycles. The molecule has 5 heteroatoms. The van der Waals surface area contributed by atoms with Gasteiger partial charge in [0.2, 0.25) is 0 Å². The van der Waals surface area contributed by atoms with Gasteiger partial charge in [-0.1, -0.05) is 6.07 Å². The summed E-state index contributed by atoms with van der Waals surface area (Å²) in [5.41, 5.74) is 9.98. The van der Waals surface area contributed by atoms with Crippen molar-refractivity contribution in [2.45, 2.75) is 20.3 Å². The van der Waals surface area contributed by atoms with Crippen molar-refractivity contribution in [1.29, 1.82) is 0 Å². The number of nitrogens with one attached hydrogen (secondary N) is 2. The fourth-order valence-corrected chi connectivity index (χ4v) is 2.39. The molecule has 0 unspecified atom stereocenters. The fourth-order valence-electron chi connectivity index (χ4n) is 2.39. The highest BCUT2D eigenvalue weighted by Gasteiger charge is 2.17. The number of aromatic nitrogens is 2. The summed E-state index contributed by atoms with van der Waals surface area (Å²) >= 11 is 0. The molecule has 0 radical (unpaired) electrons. The van der Waals surface area contributed by atoms with E-state index >= 15 is 0 Å². The van der Waals surface area contributed by atoms with Crippen LogP contribution in [0.3, 0.4) is 0 Å². The number of aryl methyl sites for hydroxylation is 2. The van der Waals surface area contributed by atoms with E-state index in [0.29, 0.717) is 18.5 Å². The van der Waals surface area contributed by atoms with Crippen LogP contribution in [0.15, 0.2) is 16.9 Å². The molecule has 0 atom stereocenters. The Morgan fingerprint density at radius 3 is 2.63 bits per heavy atom. The highest BCUT2D eigenvalue weighted by atomic mass is 16.5. The lowest BCUT2D eigenvalue weighted by Crippen LogP contribution is -2.12. The Kier molecular flexibility index (Phi) is 3.76. The first-order valence-corrected chi connectivity index (χ1v) is 6.23. The molecule has 0 aliphatic rings. The van der Waals surface area contributed by atoms with Gasteiger partial charge in [0.15, 0.2) is 0 Å². The summed E-state index contributed by atoms with van der Waals surface area (Å²) in [5, 5.41) is 5.56. The Balaban J connectivity index is 2.68. The molecular formula is C14H19N3O2. The van der Waals surface area contributed by atoms with E-state index in [-0.39, 0.29) is 5.56 Å². The van der Waals surface area contributed by atoms with Gasteiger partial charge in [0.25, 0.3) is 5.56 Å². The first kappa shape index (κ1) is 13.4. The molecule has 19 heavy (non-hydrogen) atoms. The lowest BCUT2D eigenvalue weighted by Gasteiger charge is -2.13. The number of benzene rings is 1. The summed E-state index contributed by atoms with van der Waals surface area (Å²) < 4.78 is 5.44. The van der Waals surface area contributed by atoms with Crippen LogP contribution >= 0.6 is 0 Å². The summed E-state index contributed by atoms with van der Waals surface area (Å²) in [6.45, 7) is 4.45. The molecule has 0 saturated carbocycles. The summed E-state index contributed by atoms with van der Waals surface area (Å²) in [5.74, 6) is 0.756. The Hall–Kier alpha value is -2.01. The van der Waals surface area contributed by atoms with Gasteiger partial charge < -0.3 is 10.5 Å². The van der Waals surface area contributed by atoms with E-state index < -0.39 is 0 Å². The van der Waals surface area contributed by atoms with Crippen molar-refractivity contribution in [2.24, 2.45) is 5.73 Å². The lowest BCUT2D eigenvalue weighted by molar-refractivity contribution is 0.415. The highest BCUT2D eigenvalue weighted by molar-refractivity contribution is 5.73. The van der Waals surface area contributed by atoms with Crippen LogP contribution < -0.4 is 16.0 Å². The van der Waals surface area contributed by atoms with Crippen LogP contribution in [0.4, 0.5) is 0 Å². The summed E-state index contributed by atoms with van der Waals surface area (Å²) in [7, 11) is 1.63. The van der Waals surface area contributed by atoms with Crippen molar-refractivity contribution in [1.82, 2.24) is 10.2 Å². The van der Waals surface area contributed by atoms with Gasteiger partial charge in [0.1, 0.15) is 5.75 Å². The van der Waals surface area contributed by atoms with Crippen LogP contribution in [0.25, 0.3) is 11.3 Å². The zero-order chi connectivity index (χ0) is 14.0. The van der Waals surface area contributed by atoms with Crippen molar-refractivity contribution >= 4 is 0 Å². The minimum atomic E-state index is -0.123. The first-order valence-electron chi connectivity index (χ1n) is 6.23. The quantitative estimate of drug-likeness (QED) is 0.779. The number of rotatable bonds is 4. The molecule has 102 valence electrons. The topological polar surface area (TPSA) is 83.9 Å². The molecule has 0 saturated heterocycles. The number of hydrogen-bond donors (Lipinski definition) is 3. The average Bonchev–Trinajstić information content (AvgIpc) is 2.71. The molecular weight excluding hydrogens is 242 g/mol. The molecule has 0 spiro atoms. The van der Waals surface area contributed by atoms with Gasteiger partial charge in [0.05, 0.1) is 12.8 Å². The number of aromatic amines is 2. The maximum atomic E-state index is 11.8. The molecule has 5 nitrogen and oxygen atoms in total. The Bertz CT molecular complexity index is 641. The number of ether oxygens (including phenoxy) is 1. The van der Waals surface area contributed by atoms with Crippen LogP contribution in [0.5, 0.6) is 5.75 Å². The first-order chi connectivity index (χ1) is 9.08. The second-order valence-corrected chi connectivity index (χ2v) is 4.63. The van der Waals surface area contributed by atoms with E-state index in [1.807, 2.05) is 19.9 Å². The van der Waals surface area contributed by atoms with Crippen LogP contribution in [0.1, 0.15) is 16.7 Å². The van der Waals surface area contributed by atoms with E-state index in [1.54, 1.807) is 7.11 Å². The third kappa shape index (κ3) is 2.42. The SMILES string of the molecule is COc1cc(C)cc(C)c1-c1[nH][nH]c(=O)c1CCN. The zero-order valence-electron chi connectivity index (χ0n) is 11.5. The van der Waals surface area contributed by atoms with E-state index in [0.717, 1.165) is 28.1 Å². The number of methoxy groups -OCH3 is 1. The zero-order valence-corrected chi connectivity index (χ0v) is 11.5. The van der Waals surface area contributed by atoms with Crippen molar-refractivity contribution in [3.05, 3.63) is 39.2 Å². The largest absolute Gasteiger partial charge is 0.496 e. The van der Waals surface area contributed by atoms with Gasteiger partial charge in [-0.05, 0) is 44.0 Å². The summed E-state index contributed by atoms with van der Waals surface area (Å²) in [4.78, 5) is 11.8. The summed E-state index contributed by atoms with van der Waals surface area (Å²) in [6.07, 6.45) is 0.532. The van der Waals surface area contributed by atoms with Crippen molar-refractivity contribution < 1.29 is 4.74 Å². The van der Waals surface area contributed by atoms with E-state index in [9.17, 15) is 4.79 Å². The normalized spacial score (nSPS) is 10.7. The minimum absolute atomic E-state index is 0.123. The van der Waals surface area contributed by atoms with Gasteiger partial charge in [-0.2, -0.15) is 0 Å². The Labute approximate surface area is 111 Å². The Morgan fingerprint density at radius 1 is 1.26 bits per heavy atom. The van der Waals surface area contributed by atoms with Crippen molar-refractivity contribution in [3.8, 4) is 17.0 Å². The number of nitrogens with two attached hydrogens (primary N) is 1. The molecule has 1 aromatic heterocycles. The second-order valence-electron chi connectivity index (χ2n) is 4.63. The average molecular weight is 261 g/mol. The van der Waals surface area contributed by atoms with Gasteiger partial charge in [-0.25, -0.2) is 0 Å². The van der Waals surface area contributed by atoms with E-state index in [1.165, 1.54) is 0 Å². The molecule has 2 aromatic rings. The smallest absolute Gasteiger partial charge is 0.267 e. The van der Waals surface area contributed by atoms with Crippen LogP contribution in [0, 0.1) is 13.8 Å². The number of hydrogen-bond acceptors (Lipinski definition) is 3. The van der Waals surface area contributed by atoms with Gasteiger partial charge in [-0.3, -0.25) is 15.0 Å². The fraction of sp³-hybridized carbons (Fsp3) is 0.357. The standard InChI is InChI=1S/C14H19N3O2/c1-8-6-9(2)12(11(7-8)19-3)13-10(4-5-15)14(18)17-16-13/h6-7H,4-5,15H2,1-3H3,(H2,16,17,18). The molecule has 4 N–H and O–H groups in total. The van der Waals surface area contributed by atoms with E-state index in [4.69, 9.17) is 10.5 Å². The maximum absolute atomic E-state index is 11.8. The predicted octanol–water partition coefficient (Wildman–Crippen LogP) is 1.50. The van der Waals surface area contributed by atoms with E-state index in [2.05, 4.69) is 16.3 Å². The third-order valence-corrected chi connectivity index (χ3v) is 3.18. The maximum Gasteiger partial charge on any atom is 0.267 e. The molecule has 1 heterocycles. The molecule has 0 amide bonds. The molecule has 2 rings (SSSR count). The lowest BCUT2D eigenvalue weighted by atomic mass is 9.98. The van der Waals surface area contributed by atoms with Gasteiger partial charge in [0, 0.05) is 11.1 Å². The van der Waals surface area contributed by atoms with Crippen molar-refractivity contribution in [3.63, 3.8) is 0 Å². The van der Waals surface area contributed by atoms with Gasteiger partial charge in [-0.15, -0.1) is 0 Å². The molecule has 0 fully saturated rings.